The van der Waals surface area contributed by atoms with E-state index in [4.69, 9.17) is 15.5 Å². The standard InChI is InChI=1S/C6H13N2O5P/c7-5(9)6(10)2-1-3-8(6)4-14(11,12)13/h10H,1-4H2,(H2,7,9)(H2,11,12,13). The molecule has 1 amide bonds. The molecule has 1 aliphatic heterocycles. The Hall–Kier alpha value is -0.460. The zero-order valence-electron chi connectivity index (χ0n) is 7.46. The molecule has 1 aliphatic rings. The maximum atomic E-state index is 10.9. The zero-order valence-corrected chi connectivity index (χ0v) is 8.35. The number of nitrogens with zero attached hydrogens (tertiary/aromatic N) is 1. The Morgan fingerprint density at radius 3 is 2.57 bits per heavy atom. The molecule has 5 N–H and O–H groups in total. The third-order valence-corrected chi connectivity index (χ3v) is 2.94. The van der Waals surface area contributed by atoms with E-state index in [1.807, 2.05) is 0 Å². The molecule has 1 rings (SSSR count). The van der Waals surface area contributed by atoms with Crippen LogP contribution in [-0.4, -0.2) is 44.3 Å². The van der Waals surface area contributed by atoms with Crippen molar-refractivity contribution >= 4 is 13.5 Å². The number of hydrogen-bond donors (Lipinski definition) is 4. The van der Waals surface area contributed by atoms with Gasteiger partial charge in [0.2, 0.25) is 0 Å². The lowest BCUT2D eigenvalue weighted by atomic mass is 10.1. The summed E-state index contributed by atoms with van der Waals surface area (Å²) in [6, 6.07) is 0. The van der Waals surface area contributed by atoms with E-state index in [9.17, 15) is 14.5 Å². The van der Waals surface area contributed by atoms with Crippen molar-refractivity contribution in [3.63, 3.8) is 0 Å². The molecule has 0 aliphatic carbocycles. The van der Waals surface area contributed by atoms with Gasteiger partial charge in [-0.15, -0.1) is 0 Å². The van der Waals surface area contributed by atoms with Crippen molar-refractivity contribution in [3.05, 3.63) is 0 Å². The van der Waals surface area contributed by atoms with Gasteiger partial charge in [-0.25, -0.2) is 0 Å². The Balaban J connectivity index is 2.79. The number of hydrogen-bond acceptors (Lipinski definition) is 4. The topological polar surface area (TPSA) is 124 Å². The fourth-order valence-electron chi connectivity index (χ4n) is 1.55. The molecule has 7 nitrogen and oxygen atoms in total. The van der Waals surface area contributed by atoms with Crippen LogP contribution < -0.4 is 5.73 Å². The van der Waals surface area contributed by atoms with Crippen molar-refractivity contribution in [2.75, 3.05) is 12.8 Å². The Kier molecular flexibility index (Phi) is 2.99. The molecule has 0 aromatic rings. The zero-order chi connectivity index (χ0) is 11.0. The first-order valence-electron chi connectivity index (χ1n) is 4.07. The van der Waals surface area contributed by atoms with E-state index in [1.165, 1.54) is 0 Å². The number of carbonyl (C=O) groups is 1. The highest BCUT2D eigenvalue weighted by Gasteiger charge is 2.46. The highest BCUT2D eigenvalue weighted by molar-refractivity contribution is 7.51. The summed E-state index contributed by atoms with van der Waals surface area (Å²) in [6.45, 7) is 0.255. The van der Waals surface area contributed by atoms with Crippen molar-refractivity contribution in [2.24, 2.45) is 5.73 Å². The van der Waals surface area contributed by atoms with Crippen LogP contribution in [0.2, 0.25) is 0 Å². The number of amides is 1. The summed E-state index contributed by atoms with van der Waals surface area (Å²) in [5.41, 5.74) is 3.06. The Morgan fingerprint density at radius 2 is 2.14 bits per heavy atom. The van der Waals surface area contributed by atoms with Gasteiger partial charge in [-0.05, 0) is 6.42 Å². The molecule has 0 radical (unpaired) electrons. The van der Waals surface area contributed by atoms with Gasteiger partial charge in [-0.1, -0.05) is 0 Å². The largest absolute Gasteiger partial charge is 0.367 e. The molecule has 8 heteroatoms. The number of primary amides is 1. The average molecular weight is 224 g/mol. The average Bonchev–Trinajstić information content (AvgIpc) is 2.30. The van der Waals surface area contributed by atoms with Gasteiger partial charge in [-0.2, -0.15) is 0 Å². The molecular weight excluding hydrogens is 211 g/mol. The third-order valence-electron chi connectivity index (χ3n) is 2.23. The number of rotatable bonds is 3. The quantitative estimate of drug-likeness (QED) is 0.427. The normalized spacial score (nSPS) is 29.4. The molecule has 82 valence electrons. The van der Waals surface area contributed by atoms with Crippen molar-refractivity contribution in [1.82, 2.24) is 4.90 Å². The van der Waals surface area contributed by atoms with Gasteiger partial charge < -0.3 is 20.6 Å². The van der Waals surface area contributed by atoms with E-state index in [0.717, 1.165) is 4.90 Å². The SMILES string of the molecule is NC(=O)C1(O)CCCN1CP(=O)(O)O. The van der Waals surface area contributed by atoms with Gasteiger partial charge in [-0.3, -0.25) is 14.3 Å². The van der Waals surface area contributed by atoms with Crippen molar-refractivity contribution in [2.45, 2.75) is 18.6 Å². The smallest absolute Gasteiger partial charge is 0.339 e. The van der Waals surface area contributed by atoms with E-state index < -0.39 is 25.5 Å². The summed E-state index contributed by atoms with van der Waals surface area (Å²) in [7, 11) is -4.28. The molecule has 0 aromatic heterocycles. The van der Waals surface area contributed by atoms with E-state index in [-0.39, 0.29) is 13.0 Å². The second kappa shape index (κ2) is 3.60. The summed E-state index contributed by atoms with van der Waals surface area (Å²) >= 11 is 0. The Bertz CT molecular complexity index is 290. The molecule has 1 heterocycles. The van der Waals surface area contributed by atoms with E-state index in [0.29, 0.717) is 6.42 Å². The van der Waals surface area contributed by atoms with Crippen LogP contribution in [0.25, 0.3) is 0 Å². The van der Waals surface area contributed by atoms with Crippen molar-refractivity contribution in [1.29, 1.82) is 0 Å². The number of nitrogens with two attached hydrogens (primary N) is 1. The number of aliphatic hydroxyl groups is 1. The molecule has 14 heavy (non-hydrogen) atoms. The van der Waals surface area contributed by atoms with Crippen LogP contribution in [0.5, 0.6) is 0 Å². The van der Waals surface area contributed by atoms with Crippen molar-refractivity contribution < 1.29 is 24.3 Å². The fourth-order valence-corrected chi connectivity index (χ4v) is 2.37. The van der Waals surface area contributed by atoms with E-state index in [1.54, 1.807) is 0 Å². The highest BCUT2D eigenvalue weighted by atomic mass is 31.2. The summed E-state index contributed by atoms with van der Waals surface area (Å²) in [5, 5.41) is 9.70. The van der Waals surface area contributed by atoms with Gasteiger partial charge in [0.25, 0.3) is 5.91 Å². The highest BCUT2D eigenvalue weighted by Crippen LogP contribution is 2.40. The van der Waals surface area contributed by atoms with E-state index >= 15 is 0 Å². The first-order valence-corrected chi connectivity index (χ1v) is 5.87. The van der Waals surface area contributed by atoms with Crippen molar-refractivity contribution in [3.8, 4) is 0 Å². The molecule has 0 saturated carbocycles. The summed E-state index contributed by atoms with van der Waals surface area (Å²) in [4.78, 5) is 29.3. The van der Waals surface area contributed by atoms with Gasteiger partial charge >= 0.3 is 7.60 Å². The monoisotopic (exact) mass is 224 g/mol. The fraction of sp³-hybridized carbons (Fsp3) is 0.833. The minimum Gasteiger partial charge on any atom is -0.367 e. The minimum atomic E-state index is -4.28. The first-order chi connectivity index (χ1) is 6.26. The molecular formula is C6H13N2O5P. The molecule has 1 atom stereocenters. The number of carbonyl (C=O) groups excluding carboxylic acids is 1. The number of likely N-dealkylation sites (tertiary alicyclic amines) is 1. The molecule has 0 spiro atoms. The molecule has 1 saturated heterocycles. The Morgan fingerprint density at radius 1 is 1.57 bits per heavy atom. The van der Waals surface area contributed by atoms with E-state index in [2.05, 4.69) is 0 Å². The lowest BCUT2D eigenvalue weighted by Crippen LogP contribution is -2.53. The second-order valence-corrected chi connectivity index (χ2v) is 4.97. The van der Waals surface area contributed by atoms with Crippen LogP contribution in [0.4, 0.5) is 0 Å². The summed E-state index contributed by atoms with van der Waals surface area (Å²) in [5.74, 6) is -0.969. The van der Waals surface area contributed by atoms with Crippen LogP contribution in [0.3, 0.4) is 0 Å². The molecule has 1 fully saturated rings. The van der Waals surface area contributed by atoms with Crippen LogP contribution >= 0.6 is 7.60 Å². The van der Waals surface area contributed by atoms with Crippen LogP contribution in [-0.2, 0) is 9.36 Å². The summed E-state index contributed by atoms with van der Waals surface area (Å²) in [6.07, 6.45) is -0.0474. The molecule has 0 aromatic carbocycles. The minimum absolute atomic E-state index is 0.113. The third kappa shape index (κ3) is 2.31. The maximum Gasteiger partial charge on any atom is 0.339 e. The van der Waals surface area contributed by atoms with Crippen LogP contribution in [0.15, 0.2) is 0 Å². The molecule has 0 bridgehead atoms. The predicted octanol–water partition coefficient (Wildman–Crippen LogP) is -1.61. The van der Waals surface area contributed by atoms with Gasteiger partial charge in [0.1, 0.15) is 6.29 Å². The Labute approximate surface area is 80.7 Å². The first kappa shape index (κ1) is 11.6. The van der Waals surface area contributed by atoms with Crippen LogP contribution in [0, 0.1) is 0 Å². The summed E-state index contributed by atoms with van der Waals surface area (Å²) < 4.78 is 10.7. The van der Waals surface area contributed by atoms with Gasteiger partial charge in [0.15, 0.2) is 5.72 Å². The maximum absolute atomic E-state index is 10.9. The van der Waals surface area contributed by atoms with Gasteiger partial charge in [0, 0.05) is 13.0 Å². The predicted molar refractivity (Wildman–Crippen MR) is 47.0 cm³/mol. The second-order valence-electron chi connectivity index (χ2n) is 3.35. The lowest BCUT2D eigenvalue weighted by molar-refractivity contribution is -0.152. The lowest BCUT2D eigenvalue weighted by Gasteiger charge is -2.30. The molecule has 1 unspecified atom stereocenters. The van der Waals surface area contributed by atoms with Gasteiger partial charge in [0.05, 0.1) is 0 Å². The van der Waals surface area contributed by atoms with Crippen LogP contribution in [0.1, 0.15) is 12.8 Å².